The molecule has 1 aliphatic rings. The molecular weight excluding hydrogens is 321 g/mol. The van der Waals surface area contributed by atoms with Gasteiger partial charge in [-0.15, -0.1) is 0 Å². The number of benzene rings is 1. The van der Waals surface area contributed by atoms with Gasteiger partial charge in [-0.2, -0.15) is 0 Å². The van der Waals surface area contributed by atoms with E-state index < -0.39 is 5.82 Å². The highest BCUT2D eigenvalue weighted by Gasteiger charge is 2.25. The van der Waals surface area contributed by atoms with E-state index in [1.807, 2.05) is 0 Å². The number of aromatic nitrogens is 1. The number of halogens is 1. The van der Waals surface area contributed by atoms with Gasteiger partial charge >= 0.3 is 0 Å². The number of nitrogens with one attached hydrogen (secondary N) is 1. The number of pyridine rings is 1. The Morgan fingerprint density at radius 3 is 2.96 bits per heavy atom. The van der Waals surface area contributed by atoms with E-state index in [9.17, 15) is 9.18 Å². The monoisotopic (exact) mass is 343 g/mol. The van der Waals surface area contributed by atoms with Gasteiger partial charge in [0.05, 0.1) is 6.20 Å². The Morgan fingerprint density at radius 1 is 1.36 bits per heavy atom. The van der Waals surface area contributed by atoms with Crippen molar-refractivity contribution in [2.24, 2.45) is 11.7 Å². The Labute approximate surface area is 146 Å². The highest BCUT2D eigenvalue weighted by molar-refractivity contribution is 5.78. The zero-order chi connectivity index (χ0) is 17.6. The molecule has 1 aromatic heterocycles. The number of hydrogen-bond acceptors (Lipinski definition) is 4. The van der Waals surface area contributed by atoms with Crippen LogP contribution in [0.25, 0.3) is 0 Å². The molecule has 132 valence electrons. The standard InChI is InChI=1S/C19H22FN3O2/c20-17-9-13(6-7-18(17)25-16-5-2-8-22-12-16)11-23-19(24)14-3-1-4-15(21)10-14/h2,5-9,12,14-15H,1,3-4,10-11,21H2,(H,23,24). The van der Waals surface area contributed by atoms with Crippen LogP contribution >= 0.6 is 0 Å². The number of ether oxygens (including phenoxy) is 1. The quantitative estimate of drug-likeness (QED) is 0.874. The molecule has 0 aliphatic heterocycles. The first-order valence-electron chi connectivity index (χ1n) is 8.51. The maximum atomic E-state index is 14.2. The maximum Gasteiger partial charge on any atom is 0.223 e. The molecule has 6 heteroatoms. The van der Waals surface area contributed by atoms with Crippen molar-refractivity contribution in [1.29, 1.82) is 0 Å². The molecule has 3 N–H and O–H groups in total. The number of nitrogens with zero attached hydrogens (tertiary/aromatic N) is 1. The average Bonchev–Trinajstić information content (AvgIpc) is 2.62. The Bertz CT molecular complexity index is 724. The summed E-state index contributed by atoms with van der Waals surface area (Å²) in [5, 5.41) is 2.87. The van der Waals surface area contributed by atoms with E-state index in [4.69, 9.17) is 10.5 Å². The molecular formula is C19H22FN3O2. The fourth-order valence-corrected chi connectivity index (χ4v) is 3.07. The van der Waals surface area contributed by atoms with Crippen LogP contribution in [0.5, 0.6) is 11.5 Å². The largest absolute Gasteiger partial charge is 0.453 e. The molecule has 1 fully saturated rings. The first-order chi connectivity index (χ1) is 12.1. The first kappa shape index (κ1) is 17.4. The van der Waals surface area contributed by atoms with E-state index in [-0.39, 0.29) is 30.2 Å². The molecule has 0 spiro atoms. The van der Waals surface area contributed by atoms with Crippen LogP contribution in [-0.2, 0) is 11.3 Å². The zero-order valence-electron chi connectivity index (χ0n) is 14.0. The first-order valence-corrected chi connectivity index (χ1v) is 8.51. The maximum absolute atomic E-state index is 14.2. The molecule has 0 saturated heterocycles. The number of hydrogen-bond donors (Lipinski definition) is 2. The number of amides is 1. The zero-order valence-corrected chi connectivity index (χ0v) is 14.0. The topological polar surface area (TPSA) is 77.2 Å². The number of rotatable bonds is 5. The number of carbonyl (C=O) groups is 1. The molecule has 3 rings (SSSR count). The number of carbonyl (C=O) groups excluding carboxylic acids is 1. The summed E-state index contributed by atoms with van der Waals surface area (Å²) in [6.45, 7) is 0.286. The average molecular weight is 343 g/mol. The van der Waals surface area contributed by atoms with Crippen LogP contribution in [0.3, 0.4) is 0 Å². The summed E-state index contributed by atoms with van der Waals surface area (Å²) >= 11 is 0. The fraction of sp³-hybridized carbons (Fsp3) is 0.368. The van der Waals surface area contributed by atoms with Crippen LogP contribution in [0.15, 0.2) is 42.7 Å². The lowest BCUT2D eigenvalue weighted by Gasteiger charge is -2.25. The summed E-state index contributed by atoms with van der Waals surface area (Å²) in [7, 11) is 0. The van der Waals surface area contributed by atoms with Crippen LogP contribution in [0.2, 0.25) is 0 Å². The predicted octanol–water partition coefficient (Wildman–Crippen LogP) is 3.15. The second-order valence-electron chi connectivity index (χ2n) is 6.40. The Morgan fingerprint density at radius 2 is 2.24 bits per heavy atom. The van der Waals surface area contributed by atoms with Gasteiger partial charge in [0.25, 0.3) is 0 Å². The van der Waals surface area contributed by atoms with E-state index in [2.05, 4.69) is 10.3 Å². The molecule has 1 amide bonds. The van der Waals surface area contributed by atoms with Gasteiger partial charge in [-0.05, 0) is 49.1 Å². The Hall–Kier alpha value is -2.47. The van der Waals surface area contributed by atoms with Crippen molar-refractivity contribution in [3.63, 3.8) is 0 Å². The third kappa shape index (κ3) is 4.76. The Kier molecular flexibility index (Phi) is 5.60. The molecule has 2 unspecified atom stereocenters. The molecule has 0 radical (unpaired) electrons. The third-order valence-electron chi connectivity index (χ3n) is 4.41. The minimum absolute atomic E-state index is 0.00811. The lowest BCUT2D eigenvalue weighted by molar-refractivity contribution is -0.126. The third-order valence-corrected chi connectivity index (χ3v) is 4.41. The highest BCUT2D eigenvalue weighted by atomic mass is 19.1. The van der Waals surface area contributed by atoms with Gasteiger partial charge in [-0.1, -0.05) is 12.5 Å². The molecule has 1 saturated carbocycles. The summed E-state index contributed by atoms with van der Waals surface area (Å²) in [5.41, 5.74) is 6.61. The van der Waals surface area contributed by atoms with Crippen LogP contribution in [0.4, 0.5) is 4.39 Å². The molecule has 5 nitrogen and oxygen atoms in total. The van der Waals surface area contributed by atoms with Gasteiger partial charge in [0.1, 0.15) is 5.75 Å². The molecule has 2 atom stereocenters. The molecule has 25 heavy (non-hydrogen) atoms. The Balaban J connectivity index is 1.56. The normalized spacial score (nSPS) is 20.1. The molecule has 1 aromatic carbocycles. The van der Waals surface area contributed by atoms with Gasteiger partial charge in [0, 0.05) is 24.7 Å². The van der Waals surface area contributed by atoms with Crippen LogP contribution in [-0.4, -0.2) is 16.9 Å². The van der Waals surface area contributed by atoms with Crippen molar-refractivity contribution in [1.82, 2.24) is 10.3 Å². The van der Waals surface area contributed by atoms with Crippen molar-refractivity contribution in [3.05, 3.63) is 54.1 Å². The van der Waals surface area contributed by atoms with E-state index in [0.717, 1.165) is 25.7 Å². The van der Waals surface area contributed by atoms with E-state index in [1.165, 1.54) is 12.3 Å². The SMILES string of the molecule is NC1CCCC(C(=O)NCc2ccc(Oc3cccnc3)c(F)c2)C1. The predicted molar refractivity (Wildman–Crippen MR) is 92.5 cm³/mol. The molecule has 2 aromatic rings. The van der Waals surface area contributed by atoms with Crippen LogP contribution < -0.4 is 15.8 Å². The van der Waals surface area contributed by atoms with E-state index >= 15 is 0 Å². The summed E-state index contributed by atoms with van der Waals surface area (Å²) < 4.78 is 19.6. The van der Waals surface area contributed by atoms with Gasteiger partial charge in [-0.3, -0.25) is 9.78 Å². The molecule has 1 aliphatic carbocycles. The summed E-state index contributed by atoms with van der Waals surface area (Å²) in [6.07, 6.45) is 6.68. The minimum atomic E-state index is -0.477. The van der Waals surface area contributed by atoms with Crippen molar-refractivity contribution in [2.45, 2.75) is 38.3 Å². The fourth-order valence-electron chi connectivity index (χ4n) is 3.07. The summed E-state index contributed by atoms with van der Waals surface area (Å²) in [4.78, 5) is 16.1. The van der Waals surface area contributed by atoms with Crippen molar-refractivity contribution in [2.75, 3.05) is 0 Å². The van der Waals surface area contributed by atoms with E-state index in [1.54, 1.807) is 30.5 Å². The smallest absolute Gasteiger partial charge is 0.223 e. The second-order valence-corrected chi connectivity index (χ2v) is 6.40. The second kappa shape index (κ2) is 8.07. The van der Waals surface area contributed by atoms with Crippen LogP contribution in [0.1, 0.15) is 31.2 Å². The summed E-state index contributed by atoms with van der Waals surface area (Å²) in [5.74, 6) is 0.0701. The van der Waals surface area contributed by atoms with Gasteiger partial charge in [-0.25, -0.2) is 4.39 Å². The van der Waals surface area contributed by atoms with Gasteiger partial charge in [0.2, 0.25) is 5.91 Å². The van der Waals surface area contributed by atoms with Crippen molar-refractivity contribution >= 4 is 5.91 Å². The highest BCUT2D eigenvalue weighted by Crippen LogP contribution is 2.25. The minimum Gasteiger partial charge on any atom is -0.453 e. The molecule has 1 heterocycles. The lowest BCUT2D eigenvalue weighted by Crippen LogP contribution is -2.37. The summed E-state index contributed by atoms with van der Waals surface area (Å²) in [6, 6.07) is 8.19. The van der Waals surface area contributed by atoms with Crippen molar-refractivity contribution in [3.8, 4) is 11.5 Å². The van der Waals surface area contributed by atoms with Gasteiger partial charge < -0.3 is 15.8 Å². The van der Waals surface area contributed by atoms with E-state index in [0.29, 0.717) is 11.3 Å². The lowest BCUT2D eigenvalue weighted by atomic mass is 9.85. The number of nitrogens with two attached hydrogens (primary N) is 1. The van der Waals surface area contributed by atoms with Crippen molar-refractivity contribution < 1.29 is 13.9 Å². The molecule has 0 bridgehead atoms. The van der Waals surface area contributed by atoms with Crippen LogP contribution in [0, 0.1) is 11.7 Å². The van der Waals surface area contributed by atoms with Gasteiger partial charge in [0.15, 0.2) is 11.6 Å².